The second-order valence-electron chi connectivity index (χ2n) is 5.30. The van der Waals surface area contributed by atoms with E-state index in [4.69, 9.17) is 0 Å². The van der Waals surface area contributed by atoms with Crippen molar-refractivity contribution in [1.29, 1.82) is 0 Å². The molecule has 1 heterocycles. The molecule has 1 N–H and O–H groups in total. The molecular weight excluding hydrogens is 293 g/mol. The van der Waals surface area contributed by atoms with Crippen molar-refractivity contribution in [3.63, 3.8) is 0 Å². The Labute approximate surface area is 133 Å². The number of carboxylic acids is 1. The largest absolute Gasteiger partial charge is 0.478 e. The Morgan fingerprint density at radius 2 is 1.78 bits per heavy atom. The first-order valence-electron chi connectivity index (χ1n) is 7.11. The fourth-order valence-corrected chi connectivity index (χ4v) is 2.39. The molecule has 0 saturated heterocycles. The van der Waals surface area contributed by atoms with Crippen LogP contribution in [-0.2, 0) is 0 Å². The van der Waals surface area contributed by atoms with E-state index in [2.05, 4.69) is 4.98 Å². The third kappa shape index (κ3) is 3.11. The second-order valence-corrected chi connectivity index (χ2v) is 5.30. The third-order valence-electron chi connectivity index (χ3n) is 3.57. The fraction of sp³-hybridized carbons (Fsp3) is 0.0526. The molecule has 2 aromatic carbocycles. The van der Waals surface area contributed by atoms with Gasteiger partial charge in [0.1, 0.15) is 5.82 Å². The molecular formula is C19H14FNO2. The first-order chi connectivity index (χ1) is 11.0. The predicted molar refractivity (Wildman–Crippen MR) is 86.8 cm³/mol. The fourth-order valence-electron chi connectivity index (χ4n) is 2.39. The summed E-state index contributed by atoms with van der Waals surface area (Å²) in [6.07, 6.45) is 1.71. The first kappa shape index (κ1) is 14.9. The van der Waals surface area contributed by atoms with Crippen molar-refractivity contribution in [2.45, 2.75) is 6.92 Å². The van der Waals surface area contributed by atoms with Crippen LogP contribution in [0.3, 0.4) is 0 Å². The molecule has 0 atom stereocenters. The Morgan fingerprint density at radius 1 is 1.04 bits per heavy atom. The predicted octanol–water partition coefficient (Wildman–Crippen LogP) is 4.56. The molecule has 0 bridgehead atoms. The maximum Gasteiger partial charge on any atom is 0.335 e. The van der Waals surface area contributed by atoms with Crippen LogP contribution >= 0.6 is 0 Å². The molecule has 4 heteroatoms. The summed E-state index contributed by atoms with van der Waals surface area (Å²) in [5, 5.41) is 9.33. The minimum absolute atomic E-state index is 0.100. The van der Waals surface area contributed by atoms with Gasteiger partial charge in [-0.3, -0.25) is 4.98 Å². The van der Waals surface area contributed by atoms with Crippen LogP contribution in [0.15, 0.2) is 60.8 Å². The molecule has 0 fully saturated rings. The van der Waals surface area contributed by atoms with Gasteiger partial charge in [-0.2, -0.15) is 0 Å². The zero-order chi connectivity index (χ0) is 16.4. The van der Waals surface area contributed by atoms with Crippen LogP contribution in [0.5, 0.6) is 0 Å². The number of halogens is 1. The van der Waals surface area contributed by atoms with Gasteiger partial charge in [0.25, 0.3) is 0 Å². The highest BCUT2D eigenvalue weighted by Gasteiger charge is 2.12. The quantitative estimate of drug-likeness (QED) is 0.771. The minimum Gasteiger partial charge on any atom is -0.478 e. The summed E-state index contributed by atoms with van der Waals surface area (Å²) in [7, 11) is 0. The maximum absolute atomic E-state index is 14.0. The first-order valence-corrected chi connectivity index (χ1v) is 7.11. The molecule has 0 saturated carbocycles. The molecule has 3 rings (SSSR count). The number of aryl methyl sites for hydroxylation is 1. The molecule has 23 heavy (non-hydrogen) atoms. The second kappa shape index (κ2) is 6.01. The van der Waals surface area contributed by atoms with Gasteiger partial charge in [0.05, 0.1) is 11.3 Å². The summed E-state index contributed by atoms with van der Waals surface area (Å²) >= 11 is 0. The molecule has 0 aliphatic rings. The van der Waals surface area contributed by atoms with Gasteiger partial charge in [-0.25, -0.2) is 9.18 Å². The van der Waals surface area contributed by atoms with Crippen molar-refractivity contribution in [2.24, 2.45) is 0 Å². The molecule has 1 aromatic heterocycles. The Hall–Kier alpha value is -3.01. The summed E-state index contributed by atoms with van der Waals surface area (Å²) in [4.78, 5) is 15.7. The van der Waals surface area contributed by atoms with Gasteiger partial charge in [0.15, 0.2) is 0 Å². The number of benzene rings is 2. The Morgan fingerprint density at radius 3 is 2.43 bits per heavy atom. The van der Waals surface area contributed by atoms with Crippen LogP contribution in [-0.4, -0.2) is 16.1 Å². The van der Waals surface area contributed by atoms with E-state index in [0.717, 1.165) is 5.56 Å². The van der Waals surface area contributed by atoms with Crippen molar-refractivity contribution in [2.75, 3.05) is 0 Å². The smallest absolute Gasteiger partial charge is 0.335 e. The molecule has 3 nitrogen and oxygen atoms in total. The van der Waals surface area contributed by atoms with E-state index in [1.165, 1.54) is 12.1 Å². The number of hydrogen-bond acceptors (Lipinski definition) is 2. The Bertz CT molecular complexity index is 873. The van der Waals surface area contributed by atoms with Crippen LogP contribution in [0.2, 0.25) is 0 Å². The van der Waals surface area contributed by atoms with Gasteiger partial charge < -0.3 is 5.11 Å². The monoisotopic (exact) mass is 307 g/mol. The lowest BCUT2D eigenvalue weighted by atomic mass is 9.97. The lowest BCUT2D eigenvalue weighted by Gasteiger charge is -2.09. The van der Waals surface area contributed by atoms with Gasteiger partial charge in [-0.15, -0.1) is 0 Å². The zero-order valence-electron chi connectivity index (χ0n) is 12.5. The van der Waals surface area contributed by atoms with E-state index in [1.54, 1.807) is 36.5 Å². The Kier molecular flexibility index (Phi) is 3.89. The molecule has 0 spiro atoms. The highest BCUT2D eigenvalue weighted by Crippen LogP contribution is 2.29. The van der Waals surface area contributed by atoms with E-state index < -0.39 is 11.8 Å². The van der Waals surface area contributed by atoms with Crippen molar-refractivity contribution < 1.29 is 14.3 Å². The summed E-state index contributed by atoms with van der Waals surface area (Å²) in [5.74, 6) is -1.45. The van der Waals surface area contributed by atoms with Crippen molar-refractivity contribution >= 4 is 5.97 Å². The van der Waals surface area contributed by atoms with E-state index >= 15 is 0 Å². The van der Waals surface area contributed by atoms with Crippen molar-refractivity contribution in [1.82, 2.24) is 4.98 Å². The van der Waals surface area contributed by atoms with Gasteiger partial charge in [-0.1, -0.05) is 24.3 Å². The van der Waals surface area contributed by atoms with Crippen LogP contribution in [0.1, 0.15) is 15.9 Å². The normalized spacial score (nSPS) is 10.5. The maximum atomic E-state index is 14.0. The van der Waals surface area contributed by atoms with E-state index in [-0.39, 0.29) is 5.56 Å². The van der Waals surface area contributed by atoms with Gasteiger partial charge in [0.2, 0.25) is 0 Å². The molecule has 3 aromatic rings. The van der Waals surface area contributed by atoms with Crippen molar-refractivity contribution in [3.05, 3.63) is 77.7 Å². The molecule has 0 amide bonds. The number of pyridine rings is 1. The van der Waals surface area contributed by atoms with E-state index in [1.807, 2.05) is 19.1 Å². The minimum atomic E-state index is -1.06. The van der Waals surface area contributed by atoms with E-state index in [9.17, 15) is 14.3 Å². The molecule has 0 aliphatic heterocycles. The van der Waals surface area contributed by atoms with Crippen LogP contribution in [0.4, 0.5) is 4.39 Å². The van der Waals surface area contributed by atoms with Gasteiger partial charge in [-0.05, 0) is 48.4 Å². The standard InChI is InChI=1S/C19H14FNO2/c1-12-6-7-18(21-11-12)14-8-13(9-15(10-14)19(22)23)16-4-2-3-5-17(16)20/h2-11H,1H3,(H,22,23). The topological polar surface area (TPSA) is 50.2 Å². The lowest BCUT2D eigenvalue weighted by Crippen LogP contribution is -1.98. The van der Waals surface area contributed by atoms with Crippen LogP contribution in [0, 0.1) is 12.7 Å². The average Bonchev–Trinajstić information content (AvgIpc) is 2.55. The number of rotatable bonds is 3. The highest BCUT2D eigenvalue weighted by molar-refractivity contribution is 5.91. The highest BCUT2D eigenvalue weighted by atomic mass is 19.1. The zero-order valence-corrected chi connectivity index (χ0v) is 12.5. The summed E-state index contributed by atoms with van der Waals surface area (Å²) in [6.45, 7) is 1.93. The summed E-state index contributed by atoms with van der Waals surface area (Å²) in [5.41, 5.74) is 3.28. The van der Waals surface area contributed by atoms with Gasteiger partial charge >= 0.3 is 5.97 Å². The average molecular weight is 307 g/mol. The Balaban J connectivity index is 2.20. The number of nitrogens with zero attached hydrogens (tertiary/aromatic N) is 1. The number of aromatic nitrogens is 1. The van der Waals surface area contributed by atoms with Crippen LogP contribution < -0.4 is 0 Å². The van der Waals surface area contributed by atoms with E-state index in [0.29, 0.717) is 22.4 Å². The summed E-state index contributed by atoms with van der Waals surface area (Å²) < 4.78 is 14.0. The van der Waals surface area contributed by atoms with Gasteiger partial charge in [0, 0.05) is 17.3 Å². The number of carbonyl (C=O) groups is 1. The molecule has 0 radical (unpaired) electrons. The molecule has 114 valence electrons. The lowest BCUT2D eigenvalue weighted by molar-refractivity contribution is 0.0697. The van der Waals surface area contributed by atoms with Crippen molar-refractivity contribution in [3.8, 4) is 22.4 Å². The SMILES string of the molecule is Cc1ccc(-c2cc(C(=O)O)cc(-c3ccccc3F)c2)nc1. The summed E-state index contributed by atoms with van der Waals surface area (Å²) in [6, 6.07) is 14.8. The van der Waals surface area contributed by atoms with Crippen LogP contribution in [0.25, 0.3) is 22.4 Å². The molecule has 0 unspecified atom stereocenters. The molecule has 0 aliphatic carbocycles. The number of hydrogen-bond donors (Lipinski definition) is 1. The number of aromatic carboxylic acids is 1. The number of carboxylic acid groups (broad SMARTS) is 1. The third-order valence-corrected chi connectivity index (χ3v) is 3.57.